The van der Waals surface area contributed by atoms with E-state index in [1.165, 1.54) is 51.4 Å². The van der Waals surface area contributed by atoms with Crippen molar-refractivity contribution in [2.75, 3.05) is 6.54 Å². The Morgan fingerprint density at radius 2 is 1.38 bits per heavy atom. The van der Waals surface area contributed by atoms with E-state index in [0.717, 1.165) is 32.1 Å². The van der Waals surface area contributed by atoms with Crippen LogP contribution in [0.5, 0.6) is 0 Å². The number of unbranched alkanes of at least 4 members (excludes halogenated alkanes) is 11. The molecule has 0 rings (SSSR count). The molecule has 0 radical (unpaired) electrons. The topological polar surface area (TPSA) is 105 Å². The summed E-state index contributed by atoms with van der Waals surface area (Å²) in [5, 5.41) is 14.4. The lowest BCUT2D eigenvalue weighted by Crippen LogP contribution is -2.43. The fourth-order valence-corrected chi connectivity index (χ4v) is 3.51. The number of allylic oxidation sites excluding steroid dienone is 2. The van der Waals surface area contributed by atoms with Gasteiger partial charge in [0.1, 0.15) is 11.6 Å². The summed E-state index contributed by atoms with van der Waals surface area (Å²) in [6, 6.07) is -1.02. The van der Waals surface area contributed by atoms with Gasteiger partial charge < -0.3 is 20.5 Å². The zero-order valence-corrected chi connectivity index (χ0v) is 22.1. The first-order valence-electron chi connectivity index (χ1n) is 13.3. The number of ether oxygens (including phenoxy) is 1. The smallest absolute Gasteiger partial charge is 0.407 e. The molecule has 0 unspecified atom stereocenters. The molecule has 0 aliphatic rings. The van der Waals surface area contributed by atoms with E-state index < -0.39 is 23.7 Å². The molecule has 0 saturated carbocycles. The highest BCUT2D eigenvalue weighted by atomic mass is 16.6. The maximum atomic E-state index is 12.1. The Kier molecular flexibility index (Phi) is 19.1. The van der Waals surface area contributed by atoms with Crippen molar-refractivity contribution in [3.63, 3.8) is 0 Å². The minimum Gasteiger partial charge on any atom is -0.480 e. The van der Waals surface area contributed by atoms with Crippen molar-refractivity contribution in [3.8, 4) is 0 Å². The quantitative estimate of drug-likeness (QED) is 0.136. The average Bonchev–Trinajstić information content (AvgIpc) is 2.74. The largest absolute Gasteiger partial charge is 0.480 e. The van der Waals surface area contributed by atoms with Gasteiger partial charge in [-0.3, -0.25) is 4.79 Å². The Morgan fingerprint density at radius 1 is 0.853 bits per heavy atom. The summed E-state index contributed by atoms with van der Waals surface area (Å²) in [5.74, 6) is -1.37. The normalized spacial score (nSPS) is 12.5. The first-order chi connectivity index (χ1) is 16.2. The van der Waals surface area contributed by atoms with Gasteiger partial charge in [0.05, 0.1) is 0 Å². The molecule has 2 amide bonds. The molecule has 0 bridgehead atoms. The lowest BCUT2D eigenvalue weighted by Gasteiger charge is -2.20. The molecule has 34 heavy (non-hydrogen) atoms. The third-order valence-corrected chi connectivity index (χ3v) is 5.40. The number of amides is 2. The molecule has 0 heterocycles. The van der Waals surface area contributed by atoms with Crippen LogP contribution in [0.25, 0.3) is 0 Å². The highest BCUT2D eigenvalue weighted by molar-refractivity contribution is 5.83. The summed E-state index contributed by atoms with van der Waals surface area (Å²) in [6.45, 7) is 7.61. The zero-order valence-electron chi connectivity index (χ0n) is 22.1. The minimum absolute atomic E-state index is 0.104. The number of aliphatic carboxylic acids is 1. The van der Waals surface area contributed by atoms with Crippen LogP contribution in [0.3, 0.4) is 0 Å². The monoisotopic (exact) mass is 482 g/mol. The molecule has 0 spiro atoms. The van der Waals surface area contributed by atoms with E-state index in [0.29, 0.717) is 6.42 Å². The molecule has 198 valence electrons. The fourth-order valence-electron chi connectivity index (χ4n) is 3.51. The van der Waals surface area contributed by atoms with Crippen LogP contribution in [-0.4, -0.2) is 41.3 Å². The molecule has 1 atom stereocenters. The molecule has 0 aliphatic heterocycles. The van der Waals surface area contributed by atoms with Crippen LogP contribution in [0.2, 0.25) is 0 Å². The van der Waals surface area contributed by atoms with Crippen LogP contribution < -0.4 is 10.6 Å². The Bertz CT molecular complexity index is 584. The minimum atomic E-state index is -1.11. The first kappa shape index (κ1) is 31.9. The second kappa shape index (κ2) is 20.3. The number of alkyl carbamates (subject to hydrolysis) is 1. The van der Waals surface area contributed by atoms with E-state index in [9.17, 15) is 19.5 Å². The molecule has 0 fully saturated rings. The molecule has 3 N–H and O–H groups in total. The summed E-state index contributed by atoms with van der Waals surface area (Å²) in [5.41, 5.74) is -0.617. The summed E-state index contributed by atoms with van der Waals surface area (Å²) < 4.78 is 5.11. The van der Waals surface area contributed by atoms with Crippen molar-refractivity contribution >= 4 is 18.0 Å². The lowest BCUT2D eigenvalue weighted by molar-refractivity contribution is -0.142. The number of nitrogens with one attached hydrogen (secondary N) is 2. The highest BCUT2D eigenvalue weighted by Gasteiger charge is 2.21. The van der Waals surface area contributed by atoms with E-state index >= 15 is 0 Å². The molecule has 0 saturated heterocycles. The summed E-state index contributed by atoms with van der Waals surface area (Å²) in [6.07, 6.45) is 19.9. The second-order valence-corrected chi connectivity index (χ2v) is 10.0. The van der Waals surface area contributed by atoms with Gasteiger partial charge in [-0.15, -0.1) is 0 Å². The molecular formula is C27H50N2O5. The van der Waals surface area contributed by atoms with E-state index in [1.807, 2.05) is 0 Å². The Morgan fingerprint density at radius 3 is 1.91 bits per heavy atom. The van der Waals surface area contributed by atoms with E-state index in [1.54, 1.807) is 20.8 Å². The van der Waals surface area contributed by atoms with Gasteiger partial charge in [-0.05, 0) is 59.3 Å². The number of carbonyl (C=O) groups is 3. The third-order valence-electron chi connectivity index (χ3n) is 5.40. The van der Waals surface area contributed by atoms with Gasteiger partial charge in [0, 0.05) is 13.0 Å². The number of rotatable bonds is 20. The van der Waals surface area contributed by atoms with Gasteiger partial charge in [0.25, 0.3) is 0 Å². The zero-order chi connectivity index (χ0) is 25.7. The van der Waals surface area contributed by atoms with E-state index in [2.05, 4.69) is 29.7 Å². The maximum Gasteiger partial charge on any atom is 0.407 e. The summed E-state index contributed by atoms with van der Waals surface area (Å²) in [7, 11) is 0. The molecule has 0 aliphatic carbocycles. The van der Waals surface area contributed by atoms with E-state index in [-0.39, 0.29) is 18.9 Å². The summed E-state index contributed by atoms with van der Waals surface area (Å²) in [4.78, 5) is 35.1. The van der Waals surface area contributed by atoms with Crippen molar-refractivity contribution in [1.29, 1.82) is 0 Å². The van der Waals surface area contributed by atoms with Crippen LogP contribution >= 0.6 is 0 Å². The predicted octanol–water partition coefficient (Wildman–Crippen LogP) is 6.51. The van der Waals surface area contributed by atoms with Crippen molar-refractivity contribution in [2.24, 2.45) is 0 Å². The van der Waals surface area contributed by atoms with Crippen molar-refractivity contribution in [1.82, 2.24) is 10.6 Å². The lowest BCUT2D eigenvalue weighted by atomic mass is 10.1. The Labute approximate surface area is 207 Å². The average molecular weight is 483 g/mol. The van der Waals surface area contributed by atoms with Gasteiger partial charge >= 0.3 is 12.1 Å². The molecule has 0 aromatic carbocycles. The Hall–Kier alpha value is -2.05. The standard InChI is InChI=1S/C27H50N2O5/c1-5-6-7-8-9-10-11-12-13-14-15-16-17-18-19-20-24(30)29-23(25(31)32)21-22-28-26(33)34-27(2,3)4/h12-13,23H,5-11,14-22H2,1-4H3,(H,28,33)(H,29,30)(H,31,32)/b13-12-/t23-/m0/s1. The number of hydrogen-bond acceptors (Lipinski definition) is 4. The molecule has 7 heteroatoms. The molecule has 7 nitrogen and oxygen atoms in total. The van der Waals surface area contributed by atoms with Crippen LogP contribution in [0.15, 0.2) is 12.2 Å². The molecular weight excluding hydrogens is 432 g/mol. The second-order valence-electron chi connectivity index (χ2n) is 10.0. The van der Waals surface area contributed by atoms with E-state index in [4.69, 9.17) is 4.74 Å². The van der Waals surface area contributed by atoms with Crippen molar-refractivity contribution < 1.29 is 24.2 Å². The van der Waals surface area contributed by atoms with Gasteiger partial charge in [0.15, 0.2) is 0 Å². The van der Waals surface area contributed by atoms with Crippen molar-refractivity contribution in [3.05, 3.63) is 12.2 Å². The van der Waals surface area contributed by atoms with Crippen LogP contribution in [0, 0.1) is 0 Å². The molecule has 0 aromatic heterocycles. The number of hydrogen-bond donors (Lipinski definition) is 3. The molecule has 0 aromatic rings. The highest BCUT2D eigenvalue weighted by Crippen LogP contribution is 2.10. The number of carboxylic acids is 1. The van der Waals surface area contributed by atoms with Crippen LogP contribution in [0.4, 0.5) is 4.79 Å². The Balaban J connectivity index is 3.75. The summed E-state index contributed by atoms with van der Waals surface area (Å²) >= 11 is 0. The first-order valence-corrected chi connectivity index (χ1v) is 13.3. The van der Waals surface area contributed by atoms with Crippen LogP contribution in [0.1, 0.15) is 124 Å². The fraction of sp³-hybridized carbons (Fsp3) is 0.815. The van der Waals surface area contributed by atoms with Gasteiger partial charge in [-0.2, -0.15) is 0 Å². The van der Waals surface area contributed by atoms with Gasteiger partial charge in [0.2, 0.25) is 5.91 Å². The maximum absolute atomic E-state index is 12.1. The predicted molar refractivity (Wildman–Crippen MR) is 138 cm³/mol. The number of carboxylic acid groups (broad SMARTS) is 1. The van der Waals surface area contributed by atoms with Gasteiger partial charge in [-0.25, -0.2) is 9.59 Å². The number of carbonyl (C=O) groups excluding carboxylic acids is 2. The third kappa shape index (κ3) is 21.8. The van der Waals surface area contributed by atoms with Crippen molar-refractivity contribution in [2.45, 2.75) is 136 Å². The van der Waals surface area contributed by atoms with Gasteiger partial charge in [-0.1, -0.05) is 70.4 Å². The van der Waals surface area contributed by atoms with Crippen LogP contribution in [-0.2, 0) is 14.3 Å². The SMILES string of the molecule is CCCCCCCC/C=C\CCCCCCCC(=O)N[C@@H](CCNC(=O)OC(C)(C)C)C(=O)O.